The van der Waals surface area contributed by atoms with Crippen molar-refractivity contribution in [3.63, 3.8) is 0 Å². The van der Waals surface area contributed by atoms with E-state index in [1.165, 1.54) is 4.90 Å². The Bertz CT molecular complexity index is 683. The van der Waals surface area contributed by atoms with Crippen molar-refractivity contribution in [3.8, 4) is 5.69 Å². The van der Waals surface area contributed by atoms with Gasteiger partial charge in [-0.05, 0) is 18.2 Å². The number of hydrogen-bond donors (Lipinski definition) is 0. The van der Waals surface area contributed by atoms with Crippen LogP contribution in [0.4, 0.5) is 13.2 Å². The Labute approximate surface area is 159 Å². The van der Waals surface area contributed by atoms with E-state index in [9.17, 15) is 18.0 Å². The standard InChI is InChI=1S/C15H16ClF3N4O2.ClH/c16-8-14(24)22(6-7-25-11-15(17,18)19)10-13-3-5-21-23(13)12-2-1-4-20-9-12;/h1-5,9H,6-8,10-11H2;1H. The summed E-state index contributed by atoms with van der Waals surface area (Å²) in [7, 11) is 0. The van der Waals surface area contributed by atoms with Crippen LogP contribution >= 0.6 is 24.0 Å². The van der Waals surface area contributed by atoms with Crippen molar-refractivity contribution in [3.05, 3.63) is 42.5 Å². The molecule has 0 radical (unpaired) electrons. The molecule has 144 valence electrons. The second kappa shape index (κ2) is 10.3. The fraction of sp³-hybridized carbons (Fsp3) is 0.400. The van der Waals surface area contributed by atoms with Crippen LogP contribution in [0.5, 0.6) is 0 Å². The van der Waals surface area contributed by atoms with Gasteiger partial charge >= 0.3 is 6.18 Å². The number of amides is 1. The summed E-state index contributed by atoms with van der Waals surface area (Å²) in [5.41, 5.74) is 1.37. The van der Waals surface area contributed by atoms with Crippen LogP contribution in [0, 0.1) is 0 Å². The van der Waals surface area contributed by atoms with Gasteiger partial charge in [-0.1, -0.05) is 0 Å². The Kier molecular flexibility index (Phi) is 8.83. The van der Waals surface area contributed by atoms with Crippen LogP contribution in [-0.2, 0) is 16.1 Å². The largest absolute Gasteiger partial charge is 0.411 e. The molecule has 26 heavy (non-hydrogen) atoms. The average molecular weight is 413 g/mol. The van der Waals surface area contributed by atoms with Gasteiger partial charge in [-0.25, -0.2) is 4.68 Å². The molecule has 1 amide bonds. The molecule has 2 aromatic rings. The number of halogens is 5. The summed E-state index contributed by atoms with van der Waals surface area (Å²) < 4.78 is 42.5. The monoisotopic (exact) mass is 412 g/mol. The molecule has 0 unspecified atom stereocenters. The molecule has 0 saturated heterocycles. The Morgan fingerprint density at radius 1 is 1.31 bits per heavy atom. The van der Waals surface area contributed by atoms with Crippen LogP contribution in [0.2, 0.25) is 0 Å². The van der Waals surface area contributed by atoms with Gasteiger partial charge in [0.2, 0.25) is 5.91 Å². The molecule has 6 nitrogen and oxygen atoms in total. The Morgan fingerprint density at radius 3 is 2.69 bits per heavy atom. The lowest BCUT2D eigenvalue weighted by Crippen LogP contribution is -2.35. The number of nitrogens with zero attached hydrogens (tertiary/aromatic N) is 4. The summed E-state index contributed by atoms with van der Waals surface area (Å²) in [5.74, 6) is -0.684. The quantitative estimate of drug-likeness (QED) is 0.494. The Balaban J connectivity index is 0.00000338. The van der Waals surface area contributed by atoms with Crippen LogP contribution < -0.4 is 0 Å². The summed E-state index contributed by atoms with van der Waals surface area (Å²) in [6.07, 6.45) is 0.386. The molecule has 0 spiro atoms. The van der Waals surface area contributed by atoms with Crippen LogP contribution in [0.15, 0.2) is 36.8 Å². The molecule has 0 aliphatic rings. The van der Waals surface area contributed by atoms with Crippen LogP contribution in [0.25, 0.3) is 5.69 Å². The number of rotatable bonds is 8. The number of carbonyl (C=O) groups excluding carboxylic acids is 1. The maximum absolute atomic E-state index is 12.1. The third-order valence-corrected chi connectivity index (χ3v) is 3.43. The predicted octanol–water partition coefficient (Wildman–Crippen LogP) is 2.84. The molecular formula is C15H17Cl2F3N4O2. The third-order valence-electron chi connectivity index (χ3n) is 3.20. The van der Waals surface area contributed by atoms with Crippen LogP contribution in [0.1, 0.15) is 5.69 Å². The van der Waals surface area contributed by atoms with Gasteiger partial charge in [-0.3, -0.25) is 9.78 Å². The van der Waals surface area contributed by atoms with Gasteiger partial charge in [0.25, 0.3) is 0 Å². The van der Waals surface area contributed by atoms with Gasteiger partial charge in [-0.2, -0.15) is 18.3 Å². The van der Waals surface area contributed by atoms with Gasteiger partial charge in [0.1, 0.15) is 12.5 Å². The first-order valence-corrected chi connectivity index (χ1v) is 7.85. The van der Waals surface area contributed by atoms with Crippen molar-refractivity contribution in [2.24, 2.45) is 0 Å². The number of alkyl halides is 4. The summed E-state index contributed by atoms with van der Waals surface area (Å²) in [4.78, 5) is 17.3. The number of ether oxygens (including phenoxy) is 1. The van der Waals surface area contributed by atoms with Gasteiger partial charge in [0.05, 0.1) is 30.7 Å². The molecule has 0 atom stereocenters. The van der Waals surface area contributed by atoms with Gasteiger partial charge in [0, 0.05) is 18.9 Å². The van der Waals surface area contributed by atoms with Crippen molar-refractivity contribution in [1.82, 2.24) is 19.7 Å². The molecule has 0 aliphatic carbocycles. The lowest BCUT2D eigenvalue weighted by Gasteiger charge is -2.22. The highest BCUT2D eigenvalue weighted by molar-refractivity contribution is 6.27. The lowest BCUT2D eigenvalue weighted by atomic mass is 10.3. The summed E-state index contributed by atoms with van der Waals surface area (Å²) in [6.45, 7) is -1.48. The van der Waals surface area contributed by atoms with E-state index in [-0.39, 0.29) is 38.0 Å². The van der Waals surface area contributed by atoms with Crippen molar-refractivity contribution >= 4 is 29.9 Å². The minimum atomic E-state index is -4.40. The molecule has 2 heterocycles. The highest BCUT2D eigenvalue weighted by atomic mass is 35.5. The molecule has 0 aromatic carbocycles. The van der Waals surface area contributed by atoms with E-state index in [1.807, 2.05) is 0 Å². The predicted molar refractivity (Wildman–Crippen MR) is 91.6 cm³/mol. The van der Waals surface area contributed by atoms with Gasteiger partial charge < -0.3 is 9.64 Å². The SMILES string of the molecule is Cl.O=C(CCl)N(CCOCC(F)(F)F)Cc1ccnn1-c1cccnc1. The lowest BCUT2D eigenvalue weighted by molar-refractivity contribution is -0.174. The molecule has 11 heteroatoms. The first-order valence-electron chi connectivity index (χ1n) is 7.32. The van der Waals surface area contributed by atoms with Crippen molar-refractivity contribution in [2.45, 2.75) is 12.7 Å². The van der Waals surface area contributed by atoms with E-state index in [4.69, 9.17) is 11.6 Å². The maximum atomic E-state index is 12.1. The smallest absolute Gasteiger partial charge is 0.370 e. The first kappa shape index (κ1) is 22.2. The third kappa shape index (κ3) is 6.81. The van der Waals surface area contributed by atoms with Crippen LogP contribution in [-0.4, -0.2) is 57.4 Å². The molecule has 2 aromatic heterocycles. The molecule has 0 saturated carbocycles. The van der Waals surface area contributed by atoms with Crippen molar-refractivity contribution in [1.29, 1.82) is 0 Å². The molecule has 2 rings (SSSR count). The van der Waals surface area contributed by atoms with E-state index in [0.717, 1.165) is 0 Å². The zero-order valence-electron chi connectivity index (χ0n) is 13.5. The minimum absolute atomic E-state index is 0. The van der Waals surface area contributed by atoms with Gasteiger partial charge in [0.15, 0.2) is 0 Å². The topological polar surface area (TPSA) is 60.3 Å². The molecule has 0 N–H and O–H groups in total. The highest BCUT2D eigenvalue weighted by Gasteiger charge is 2.27. The maximum Gasteiger partial charge on any atom is 0.411 e. The number of pyridine rings is 1. The number of aromatic nitrogens is 3. The second-order valence-corrected chi connectivity index (χ2v) is 5.33. The summed E-state index contributed by atoms with van der Waals surface area (Å²) >= 11 is 5.58. The first-order chi connectivity index (χ1) is 11.9. The number of carbonyl (C=O) groups is 1. The fourth-order valence-corrected chi connectivity index (χ4v) is 2.27. The fourth-order valence-electron chi connectivity index (χ4n) is 2.10. The molecule has 0 aliphatic heterocycles. The Hall–Kier alpha value is -1.84. The van der Waals surface area contributed by atoms with E-state index in [2.05, 4.69) is 14.8 Å². The zero-order chi connectivity index (χ0) is 18.3. The number of hydrogen-bond acceptors (Lipinski definition) is 4. The zero-order valence-corrected chi connectivity index (χ0v) is 15.1. The van der Waals surface area contributed by atoms with Crippen LogP contribution in [0.3, 0.4) is 0 Å². The van der Waals surface area contributed by atoms with E-state index < -0.39 is 18.7 Å². The van der Waals surface area contributed by atoms with E-state index in [1.54, 1.807) is 41.5 Å². The van der Waals surface area contributed by atoms with Crippen molar-refractivity contribution < 1.29 is 22.7 Å². The van der Waals surface area contributed by atoms with E-state index in [0.29, 0.717) is 11.4 Å². The van der Waals surface area contributed by atoms with Crippen molar-refractivity contribution in [2.75, 3.05) is 25.6 Å². The summed E-state index contributed by atoms with van der Waals surface area (Å²) in [6, 6.07) is 5.25. The normalized spacial score (nSPS) is 11.1. The average Bonchev–Trinajstić information content (AvgIpc) is 3.05. The van der Waals surface area contributed by atoms with Gasteiger partial charge in [-0.15, -0.1) is 24.0 Å². The summed E-state index contributed by atoms with van der Waals surface area (Å²) in [5, 5.41) is 4.18. The minimum Gasteiger partial charge on any atom is -0.370 e. The molecular weight excluding hydrogens is 396 g/mol. The second-order valence-electron chi connectivity index (χ2n) is 5.06. The highest BCUT2D eigenvalue weighted by Crippen LogP contribution is 2.15. The molecule has 0 fully saturated rings. The molecule has 0 bridgehead atoms. The van der Waals surface area contributed by atoms with E-state index >= 15 is 0 Å². The Morgan fingerprint density at radius 2 is 2.08 bits per heavy atom.